The van der Waals surface area contributed by atoms with E-state index in [2.05, 4.69) is 4.99 Å². The van der Waals surface area contributed by atoms with Crippen molar-refractivity contribution in [1.29, 1.82) is 0 Å². The van der Waals surface area contributed by atoms with Crippen LogP contribution in [-0.4, -0.2) is 11.3 Å². The number of aliphatic imine (C=N–C) groups is 1. The fourth-order valence-corrected chi connectivity index (χ4v) is 2.32. The molecule has 0 spiro atoms. The maximum Gasteiger partial charge on any atom is 0.127 e. The molecule has 2 rings (SSSR count). The zero-order valence-corrected chi connectivity index (χ0v) is 12.3. The Balaban J connectivity index is 2.38. The van der Waals surface area contributed by atoms with Crippen LogP contribution in [0.5, 0.6) is 5.75 Å². The van der Waals surface area contributed by atoms with Gasteiger partial charge in [0.05, 0.1) is 10.7 Å². The van der Waals surface area contributed by atoms with Crippen molar-refractivity contribution in [2.45, 2.75) is 6.92 Å². The molecule has 0 aliphatic rings. The molecule has 0 aliphatic heterocycles. The van der Waals surface area contributed by atoms with E-state index >= 15 is 0 Å². The molecule has 2 aromatic carbocycles. The van der Waals surface area contributed by atoms with Gasteiger partial charge in [0.25, 0.3) is 0 Å². The van der Waals surface area contributed by atoms with E-state index in [1.165, 1.54) is 6.21 Å². The van der Waals surface area contributed by atoms with Crippen molar-refractivity contribution < 1.29 is 5.11 Å². The van der Waals surface area contributed by atoms with Gasteiger partial charge in [0, 0.05) is 21.8 Å². The van der Waals surface area contributed by atoms with E-state index in [0.717, 1.165) is 0 Å². The first-order valence-corrected chi connectivity index (χ1v) is 6.59. The molecule has 0 atom stereocenters. The second-order valence-corrected chi connectivity index (χ2v) is 5.29. The van der Waals surface area contributed by atoms with E-state index < -0.39 is 0 Å². The van der Waals surface area contributed by atoms with Gasteiger partial charge in [-0.05, 0) is 42.8 Å². The Morgan fingerprint density at radius 1 is 1.05 bits per heavy atom. The normalized spacial score (nSPS) is 11.2. The first kappa shape index (κ1) is 14.2. The van der Waals surface area contributed by atoms with Crippen LogP contribution in [0.2, 0.25) is 15.1 Å². The highest BCUT2D eigenvalue weighted by Crippen LogP contribution is 2.29. The zero-order chi connectivity index (χ0) is 14.0. The van der Waals surface area contributed by atoms with Crippen molar-refractivity contribution in [3.63, 3.8) is 0 Å². The Hall–Kier alpha value is -1.22. The molecule has 0 fully saturated rings. The number of aromatic hydroxyl groups is 1. The number of hydrogen-bond donors (Lipinski definition) is 1. The van der Waals surface area contributed by atoms with Crippen LogP contribution >= 0.6 is 34.8 Å². The molecule has 0 amide bonds. The van der Waals surface area contributed by atoms with Gasteiger partial charge in [-0.1, -0.05) is 34.8 Å². The monoisotopic (exact) mass is 313 g/mol. The summed E-state index contributed by atoms with van der Waals surface area (Å²) in [5.41, 5.74) is 1.80. The summed E-state index contributed by atoms with van der Waals surface area (Å²) in [4.78, 5) is 4.23. The van der Waals surface area contributed by atoms with Gasteiger partial charge in [0.1, 0.15) is 5.75 Å². The third-order valence-electron chi connectivity index (χ3n) is 2.55. The summed E-state index contributed by atoms with van der Waals surface area (Å²) >= 11 is 17.8. The number of hydrogen-bond acceptors (Lipinski definition) is 2. The number of phenolic OH excluding ortho intramolecular Hbond substituents is 1. The number of aryl methyl sites for hydroxylation is 1. The average Bonchev–Trinajstić information content (AvgIpc) is 2.33. The van der Waals surface area contributed by atoms with Gasteiger partial charge in [-0.2, -0.15) is 0 Å². The number of rotatable bonds is 2. The zero-order valence-electron chi connectivity index (χ0n) is 9.99. The van der Waals surface area contributed by atoms with Crippen molar-refractivity contribution >= 4 is 46.7 Å². The molecule has 98 valence electrons. The lowest BCUT2D eigenvalue weighted by Gasteiger charge is -2.04. The molecule has 2 aromatic rings. The van der Waals surface area contributed by atoms with Crippen molar-refractivity contribution in [3.05, 3.63) is 56.5 Å². The Morgan fingerprint density at radius 3 is 2.47 bits per heavy atom. The van der Waals surface area contributed by atoms with Gasteiger partial charge in [-0.3, -0.25) is 4.99 Å². The van der Waals surface area contributed by atoms with Crippen molar-refractivity contribution in [1.82, 2.24) is 0 Å². The van der Waals surface area contributed by atoms with Crippen LogP contribution in [0.4, 0.5) is 5.69 Å². The van der Waals surface area contributed by atoms with Crippen molar-refractivity contribution in [2.24, 2.45) is 4.99 Å². The maximum atomic E-state index is 9.91. The van der Waals surface area contributed by atoms with Crippen LogP contribution in [0.15, 0.2) is 35.3 Å². The lowest BCUT2D eigenvalue weighted by Crippen LogP contribution is -1.86. The highest BCUT2D eigenvalue weighted by atomic mass is 35.5. The van der Waals surface area contributed by atoms with Gasteiger partial charge in [-0.15, -0.1) is 0 Å². The van der Waals surface area contributed by atoms with Gasteiger partial charge in [-0.25, -0.2) is 0 Å². The van der Waals surface area contributed by atoms with E-state index in [1.807, 2.05) is 0 Å². The van der Waals surface area contributed by atoms with E-state index in [1.54, 1.807) is 37.3 Å². The molecule has 0 saturated carbocycles. The van der Waals surface area contributed by atoms with Crippen LogP contribution in [0, 0.1) is 6.92 Å². The Morgan fingerprint density at radius 2 is 1.79 bits per heavy atom. The lowest BCUT2D eigenvalue weighted by atomic mass is 10.1. The largest absolute Gasteiger partial charge is 0.507 e. The summed E-state index contributed by atoms with van der Waals surface area (Å²) < 4.78 is 0. The number of phenols is 1. The Kier molecular flexibility index (Phi) is 4.35. The first-order chi connectivity index (χ1) is 8.97. The standard InChI is InChI=1S/C14H10Cl3NO/c1-8-4-11(16)5-9(14(8)19)7-18-13-3-2-10(15)6-12(13)17/h2-7,19H,1H3. The molecule has 0 saturated heterocycles. The predicted molar refractivity (Wildman–Crippen MR) is 81.6 cm³/mol. The molecular weight excluding hydrogens is 305 g/mol. The smallest absolute Gasteiger partial charge is 0.127 e. The summed E-state index contributed by atoms with van der Waals surface area (Å²) in [6, 6.07) is 8.33. The fraction of sp³-hybridized carbons (Fsp3) is 0.0714. The van der Waals surface area contributed by atoms with Gasteiger partial charge in [0.15, 0.2) is 0 Å². The SMILES string of the molecule is Cc1cc(Cl)cc(C=Nc2ccc(Cl)cc2Cl)c1O. The fourth-order valence-electron chi connectivity index (χ4n) is 1.58. The van der Waals surface area contributed by atoms with E-state index in [4.69, 9.17) is 34.8 Å². The highest BCUT2D eigenvalue weighted by molar-refractivity contribution is 6.36. The number of benzene rings is 2. The lowest BCUT2D eigenvalue weighted by molar-refractivity contribution is 0.470. The predicted octanol–water partition coefficient (Wildman–Crippen LogP) is 5.41. The van der Waals surface area contributed by atoms with Gasteiger partial charge >= 0.3 is 0 Å². The van der Waals surface area contributed by atoms with Crippen LogP contribution in [0.25, 0.3) is 0 Å². The Bertz CT molecular complexity index is 653. The van der Waals surface area contributed by atoms with Crippen LogP contribution in [0.1, 0.15) is 11.1 Å². The molecule has 5 heteroatoms. The highest BCUT2D eigenvalue weighted by Gasteiger charge is 2.05. The minimum Gasteiger partial charge on any atom is -0.507 e. The topological polar surface area (TPSA) is 32.6 Å². The van der Waals surface area contributed by atoms with Gasteiger partial charge < -0.3 is 5.11 Å². The molecule has 0 radical (unpaired) electrons. The van der Waals surface area contributed by atoms with E-state index in [-0.39, 0.29) is 5.75 Å². The van der Waals surface area contributed by atoms with E-state index in [0.29, 0.717) is 31.9 Å². The summed E-state index contributed by atoms with van der Waals surface area (Å²) in [5.74, 6) is 0.151. The summed E-state index contributed by atoms with van der Waals surface area (Å²) in [5, 5.41) is 11.4. The van der Waals surface area contributed by atoms with Crippen LogP contribution in [0.3, 0.4) is 0 Å². The molecular formula is C14H10Cl3NO. The van der Waals surface area contributed by atoms with E-state index in [9.17, 15) is 5.11 Å². The first-order valence-electron chi connectivity index (χ1n) is 5.45. The second-order valence-electron chi connectivity index (χ2n) is 4.01. The molecule has 2 nitrogen and oxygen atoms in total. The van der Waals surface area contributed by atoms with Crippen LogP contribution in [-0.2, 0) is 0 Å². The van der Waals surface area contributed by atoms with Crippen molar-refractivity contribution in [3.8, 4) is 5.75 Å². The van der Waals surface area contributed by atoms with Gasteiger partial charge in [0.2, 0.25) is 0 Å². The summed E-state index contributed by atoms with van der Waals surface area (Å²) in [7, 11) is 0. The van der Waals surface area contributed by atoms with Crippen LogP contribution < -0.4 is 0 Å². The summed E-state index contributed by atoms with van der Waals surface area (Å²) in [6.07, 6.45) is 1.52. The number of halogens is 3. The average molecular weight is 315 g/mol. The molecule has 0 heterocycles. The quantitative estimate of drug-likeness (QED) is 0.738. The molecule has 0 aliphatic carbocycles. The molecule has 0 unspecified atom stereocenters. The molecule has 0 aromatic heterocycles. The molecule has 19 heavy (non-hydrogen) atoms. The minimum atomic E-state index is 0.151. The maximum absolute atomic E-state index is 9.91. The summed E-state index contributed by atoms with van der Waals surface area (Å²) in [6.45, 7) is 1.77. The second kappa shape index (κ2) is 5.83. The third kappa shape index (κ3) is 3.41. The molecule has 1 N–H and O–H groups in total. The number of nitrogens with zero attached hydrogens (tertiary/aromatic N) is 1. The Labute approximate surface area is 126 Å². The third-order valence-corrected chi connectivity index (χ3v) is 3.30. The van der Waals surface area contributed by atoms with Crippen molar-refractivity contribution in [2.75, 3.05) is 0 Å². The molecule has 0 bridgehead atoms. The minimum absolute atomic E-state index is 0.151.